The van der Waals surface area contributed by atoms with Gasteiger partial charge in [0.2, 0.25) is 0 Å². The van der Waals surface area contributed by atoms with Gasteiger partial charge in [-0.1, -0.05) is 15.9 Å². The van der Waals surface area contributed by atoms with Crippen LogP contribution in [0.15, 0.2) is 16.6 Å². The molecule has 1 fully saturated rings. The highest BCUT2D eigenvalue weighted by atomic mass is 79.9. The molecule has 1 aromatic rings. The van der Waals surface area contributed by atoms with Crippen molar-refractivity contribution in [1.82, 2.24) is 4.90 Å². The topological polar surface area (TPSA) is 49.9 Å². The van der Waals surface area contributed by atoms with E-state index in [4.69, 9.17) is 4.74 Å². The van der Waals surface area contributed by atoms with Crippen LogP contribution in [0.5, 0.6) is 0 Å². The predicted octanol–water partition coefficient (Wildman–Crippen LogP) is 4.34. The summed E-state index contributed by atoms with van der Waals surface area (Å²) in [6, 6.07) is 4.46. The number of carbonyl (C=O) groups excluding carboxylic acids is 2. The fraction of sp³-hybridized carbons (Fsp3) is 0.600. The number of hydrogen-bond acceptors (Lipinski definition) is 4. The Balaban J connectivity index is 1.68. The minimum atomic E-state index is -0.489. The Morgan fingerprint density at radius 1 is 1.27 bits per heavy atom. The van der Waals surface area contributed by atoms with Crippen molar-refractivity contribution in [2.24, 2.45) is 0 Å². The van der Waals surface area contributed by atoms with Gasteiger partial charge in [0.1, 0.15) is 5.60 Å². The van der Waals surface area contributed by atoms with Gasteiger partial charge < -0.3 is 14.5 Å². The van der Waals surface area contributed by atoms with Crippen molar-refractivity contribution in [3.05, 3.63) is 27.7 Å². The highest BCUT2D eigenvalue weighted by Gasteiger charge is 2.45. The quantitative estimate of drug-likeness (QED) is 0.626. The lowest BCUT2D eigenvalue weighted by Gasteiger charge is -2.39. The normalized spacial score (nSPS) is 24.8. The second kappa shape index (κ2) is 6.25. The Hall–Kier alpha value is -1.56. The van der Waals surface area contributed by atoms with Crippen molar-refractivity contribution in [1.29, 1.82) is 0 Å². The molecule has 6 heteroatoms. The number of anilines is 1. The van der Waals surface area contributed by atoms with Gasteiger partial charge in [0.05, 0.1) is 5.69 Å². The van der Waals surface area contributed by atoms with Crippen LogP contribution >= 0.6 is 15.9 Å². The van der Waals surface area contributed by atoms with Crippen molar-refractivity contribution in [2.75, 3.05) is 24.5 Å². The summed E-state index contributed by atoms with van der Waals surface area (Å²) < 4.78 is 6.51. The molecule has 0 saturated carbocycles. The molecule has 0 bridgehead atoms. The lowest BCUT2D eigenvalue weighted by atomic mass is 9.88. The van der Waals surface area contributed by atoms with Crippen LogP contribution in [-0.4, -0.2) is 48.1 Å². The first-order chi connectivity index (χ1) is 12.2. The molecule has 1 amide bonds. The van der Waals surface area contributed by atoms with Crippen LogP contribution in [0.4, 0.5) is 10.5 Å². The maximum Gasteiger partial charge on any atom is 0.410 e. The van der Waals surface area contributed by atoms with Gasteiger partial charge in [0.25, 0.3) is 0 Å². The van der Waals surface area contributed by atoms with E-state index in [-0.39, 0.29) is 17.8 Å². The van der Waals surface area contributed by atoms with Crippen molar-refractivity contribution < 1.29 is 14.3 Å². The zero-order valence-electron chi connectivity index (χ0n) is 15.5. The number of halogens is 1. The number of carbonyl (C=O) groups is 2. The number of fused-ring (bicyclic) bond motifs is 3. The van der Waals surface area contributed by atoms with Gasteiger partial charge in [-0.3, -0.25) is 4.79 Å². The van der Waals surface area contributed by atoms with Gasteiger partial charge in [-0.05, 0) is 51.3 Å². The van der Waals surface area contributed by atoms with E-state index < -0.39 is 5.60 Å². The molecule has 2 unspecified atom stereocenters. The van der Waals surface area contributed by atoms with Gasteiger partial charge in [0, 0.05) is 48.1 Å². The minimum absolute atomic E-state index is 0.229. The molecule has 0 spiro atoms. The van der Waals surface area contributed by atoms with Crippen LogP contribution in [-0.2, 0) is 4.74 Å². The first-order valence-corrected chi connectivity index (χ1v) is 10.1. The summed E-state index contributed by atoms with van der Waals surface area (Å²) in [5.41, 5.74) is 2.65. The summed E-state index contributed by atoms with van der Waals surface area (Å²) in [7, 11) is 0. The molecule has 2 atom stereocenters. The van der Waals surface area contributed by atoms with E-state index in [0.29, 0.717) is 25.6 Å². The molecule has 1 aromatic carbocycles. The van der Waals surface area contributed by atoms with Crippen LogP contribution in [0.2, 0.25) is 0 Å². The third-order valence-corrected chi connectivity index (χ3v) is 5.98. The summed E-state index contributed by atoms with van der Waals surface area (Å²) in [6.45, 7) is 7.95. The van der Waals surface area contributed by atoms with Gasteiger partial charge in [-0.25, -0.2) is 4.79 Å². The van der Waals surface area contributed by atoms with Gasteiger partial charge >= 0.3 is 6.09 Å². The summed E-state index contributed by atoms with van der Waals surface area (Å²) in [6.07, 6.45) is 2.17. The van der Waals surface area contributed by atoms with Crippen LogP contribution in [0.25, 0.3) is 0 Å². The number of ether oxygens (including phenoxy) is 1. The lowest BCUT2D eigenvalue weighted by Crippen LogP contribution is -2.49. The van der Waals surface area contributed by atoms with Crippen molar-refractivity contribution in [2.45, 2.75) is 57.6 Å². The molecule has 3 aliphatic rings. The molecule has 5 nitrogen and oxygen atoms in total. The molecule has 0 aliphatic carbocycles. The van der Waals surface area contributed by atoms with Crippen LogP contribution < -0.4 is 4.90 Å². The van der Waals surface area contributed by atoms with Crippen molar-refractivity contribution in [3.8, 4) is 0 Å². The van der Waals surface area contributed by atoms with Crippen molar-refractivity contribution in [3.63, 3.8) is 0 Å². The third-order valence-electron chi connectivity index (χ3n) is 5.52. The maximum atomic E-state index is 12.6. The summed E-state index contributed by atoms with van der Waals surface area (Å²) in [4.78, 5) is 29.4. The molecule has 1 saturated heterocycles. The number of likely N-dealkylation sites (tertiary alicyclic amines) is 1. The molecule has 140 valence electrons. The van der Waals surface area contributed by atoms with Gasteiger partial charge in [0.15, 0.2) is 5.78 Å². The second-order valence-electron chi connectivity index (χ2n) is 8.50. The average molecular weight is 421 g/mol. The maximum absolute atomic E-state index is 12.6. The van der Waals surface area contributed by atoms with E-state index in [1.807, 2.05) is 31.7 Å². The van der Waals surface area contributed by atoms with E-state index >= 15 is 0 Å². The van der Waals surface area contributed by atoms with E-state index in [1.165, 1.54) is 5.56 Å². The van der Waals surface area contributed by atoms with E-state index in [9.17, 15) is 9.59 Å². The molecule has 4 rings (SSSR count). The number of hydrogen-bond donors (Lipinski definition) is 0. The Morgan fingerprint density at radius 3 is 2.77 bits per heavy atom. The monoisotopic (exact) mass is 420 g/mol. The molecule has 26 heavy (non-hydrogen) atoms. The van der Waals surface area contributed by atoms with E-state index in [2.05, 4.69) is 26.9 Å². The van der Waals surface area contributed by atoms with E-state index in [1.54, 1.807) is 0 Å². The van der Waals surface area contributed by atoms with Crippen LogP contribution in [0.3, 0.4) is 0 Å². The molecule has 3 heterocycles. The number of ketones is 1. The fourth-order valence-electron chi connectivity index (χ4n) is 4.53. The fourth-order valence-corrected chi connectivity index (χ4v) is 5.01. The summed E-state index contributed by atoms with van der Waals surface area (Å²) >= 11 is 3.58. The van der Waals surface area contributed by atoms with Crippen LogP contribution in [0.1, 0.15) is 61.9 Å². The number of nitrogens with zero attached hydrogens (tertiary/aromatic N) is 2. The molecular weight excluding hydrogens is 396 g/mol. The van der Waals surface area contributed by atoms with Gasteiger partial charge in [-0.2, -0.15) is 0 Å². The average Bonchev–Trinajstić information content (AvgIpc) is 2.75. The van der Waals surface area contributed by atoms with E-state index in [0.717, 1.165) is 35.1 Å². The second-order valence-corrected chi connectivity index (χ2v) is 9.42. The molecular formula is C20H25BrN2O3. The first kappa shape index (κ1) is 17.8. The van der Waals surface area contributed by atoms with Crippen LogP contribution in [0, 0.1) is 0 Å². The third kappa shape index (κ3) is 3.02. The number of benzene rings is 1. The SMILES string of the molecule is CC(C)(C)OC(=O)N1CCC2C(C1)c1cc(Br)cc3c1N2CCCC3=O. The predicted molar refractivity (Wildman–Crippen MR) is 104 cm³/mol. The highest BCUT2D eigenvalue weighted by molar-refractivity contribution is 9.10. The zero-order chi connectivity index (χ0) is 18.6. The number of Topliss-reactive ketones (excluding diaryl/α,β-unsaturated/α-hetero) is 1. The first-order valence-electron chi connectivity index (χ1n) is 9.36. The Kier molecular flexibility index (Phi) is 4.29. The number of rotatable bonds is 0. The van der Waals surface area contributed by atoms with Crippen molar-refractivity contribution >= 4 is 33.5 Å². The Bertz CT molecular complexity index is 771. The Morgan fingerprint density at radius 2 is 2.04 bits per heavy atom. The number of piperidine rings is 1. The standard InChI is InChI=1S/C20H25BrN2O3/c1-20(2,3)26-19(25)22-8-6-16-15(11-22)13-9-12(21)10-14-17(24)5-4-7-23(16)18(13)14/h9-10,15-16H,4-8,11H2,1-3H3. The summed E-state index contributed by atoms with van der Waals surface area (Å²) in [5.74, 6) is 0.459. The molecule has 0 radical (unpaired) electrons. The zero-order valence-corrected chi connectivity index (χ0v) is 17.1. The minimum Gasteiger partial charge on any atom is -0.444 e. The summed E-state index contributed by atoms with van der Waals surface area (Å²) in [5, 5.41) is 0. The number of amides is 1. The molecule has 0 aromatic heterocycles. The largest absolute Gasteiger partial charge is 0.444 e. The smallest absolute Gasteiger partial charge is 0.410 e. The van der Waals surface area contributed by atoms with Gasteiger partial charge in [-0.15, -0.1) is 0 Å². The highest BCUT2D eigenvalue weighted by Crippen LogP contribution is 2.49. The molecule has 0 N–H and O–H groups in total. The Labute approximate surface area is 162 Å². The molecule has 3 aliphatic heterocycles. The lowest BCUT2D eigenvalue weighted by molar-refractivity contribution is 0.0189.